The van der Waals surface area contributed by atoms with Crippen LogP contribution in [0.2, 0.25) is 0 Å². The number of benzene rings is 2. The molecule has 5 N–H and O–H groups in total. The van der Waals surface area contributed by atoms with E-state index >= 15 is 0 Å². The molecule has 2 heterocycles. The van der Waals surface area contributed by atoms with Gasteiger partial charge in [-0.2, -0.15) is 5.10 Å². The Morgan fingerprint density at radius 2 is 1.78 bits per heavy atom. The fraction of sp³-hybridized carbons (Fsp3) is 0.353. The summed E-state index contributed by atoms with van der Waals surface area (Å²) in [7, 11) is 1.59. The quantitative estimate of drug-likeness (QED) is 0.213. The predicted octanol–water partition coefficient (Wildman–Crippen LogP) is 3.73. The third-order valence-electron chi connectivity index (χ3n) is 8.57. The number of carbonyl (C=O) groups excluding carboxylic acids is 3. The molecule has 0 saturated heterocycles. The normalized spacial score (nSPS) is 20.6. The molecule has 6 rings (SSSR count). The Hall–Kier alpha value is -4.90. The molecule has 2 fully saturated rings. The molecule has 2 aliphatic rings. The number of rotatable bonds is 10. The van der Waals surface area contributed by atoms with Gasteiger partial charge in [0.15, 0.2) is 0 Å². The van der Waals surface area contributed by atoms with Gasteiger partial charge in [0.2, 0.25) is 0 Å². The Bertz CT molecular complexity index is 1780. The lowest BCUT2D eigenvalue weighted by molar-refractivity contribution is -0.0834. The second kappa shape index (κ2) is 11.6. The van der Waals surface area contributed by atoms with Crippen molar-refractivity contribution in [3.63, 3.8) is 0 Å². The van der Waals surface area contributed by atoms with E-state index < -0.39 is 11.5 Å². The van der Waals surface area contributed by atoms with Gasteiger partial charge in [-0.3, -0.25) is 14.4 Å². The van der Waals surface area contributed by atoms with Gasteiger partial charge in [0.1, 0.15) is 18.1 Å². The highest BCUT2D eigenvalue weighted by atomic mass is 16.5. The Labute approximate surface area is 260 Å². The zero-order valence-corrected chi connectivity index (χ0v) is 25.5. The third kappa shape index (κ3) is 6.34. The first-order valence-corrected chi connectivity index (χ1v) is 15.0. The number of amides is 3. The second-order valence-electron chi connectivity index (χ2n) is 12.8. The number of nitrogens with one attached hydrogen (secondary N) is 2. The number of carbonyl (C=O) groups is 3. The number of ether oxygens (including phenoxy) is 2. The van der Waals surface area contributed by atoms with Gasteiger partial charge in [-0.05, 0) is 92.5 Å². The largest absolute Gasteiger partial charge is 0.490 e. The van der Waals surface area contributed by atoms with Crippen LogP contribution < -0.4 is 25.8 Å². The van der Waals surface area contributed by atoms with Crippen LogP contribution in [0, 0.1) is 5.41 Å². The second-order valence-corrected chi connectivity index (χ2v) is 12.8. The SMILES string of the molecule is CNC(=O)c1cccc(-c2ccc(C(N)=O)c(OC3CC4(CC(NC(=O)c5cnn6cc(OCC(C)(C)O)ccc56)C4)C3)c2)c1. The number of primary amides is 1. The molecule has 0 radical (unpaired) electrons. The summed E-state index contributed by atoms with van der Waals surface area (Å²) >= 11 is 0. The van der Waals surface area contributed by atoms with Crippen molar-refractivity contribution in [3.8, 4) is 22.6 Å². The molecule has 1 spiro atoms. The molecule has 11 nitrogen and oxygen atoms in total. The van der Waals surface area contributed by atoms with Gasteiger partial charge in [0.25, 0.3) is 17.7 Å². The first-order valence-electron chi connectivity index (χ1n) is 15.0. The molecule has 3 amide bonds. The predicted molar refractivity (Wildman–Crippen MR) is 167 cm³/mol. The van der Waals surface area contributed by atoms with Gasteiger partial charge in [-0.25, -0.2) is 4.52 Å². The average molecular weight is 612 g/mol. The lowest BCUT2D eigenvalue weighted by Crippen LogP contribution is -2.58. The number of fused-ring (bicyclic) bond motifs is 1. The summed E-state index contributed by atoms with van der Waals surface area (Å²) in [4.78, 5) is 37.4. The molecule has 0 unspecified atom stereocenters. The van der Waals surface area contributed by atoms with Gasteiger partial charge in [0, 0.05) is 18.7 Å². The van der Waals surface area contributed by atoms with Crippen LogP contribution in [0.4, 0.5) is 0 Å². The van der Waals surface area contributed by atoms with E-state index in [1.165, 1.54) is 0 Å². The van der Waals surface area contributed by atoms with Crippen molar-refractivity contribution in [2.75, 3.05) is 13.7 Å². The maximum Gasteiger partial charge on any atom is 0.255 e. The molecule has 2 aliphatic carbocycles. The minimum Gasteiger partial charge on any atom is -0.490 e. The van der Waals surface area contributed by atoms with Crippen molar-refractivity contribution in [1.82, 2.24) is 20.2 Å². The van der Waals surface area contributed by atoms with Crippen molar-refractivity contribution >= 4 is 23.2 Å². The smallest absolute Gasteiger partial charge is 0.255 e. The van der Waals surface area contributed by atoms with Crippen LogP contribution in [0.15, 0.2) is 67.0 Å². The molecular formula is C34H37N5O6. The van der Waals surface area contributed by atoms with E-state index in [4.69, 9.17) is 15.2 Å². The number of nitrogens with zero attached hydrogens (tertiary/aromatic N) is 2. The molecule has 11 heteroatoms. The minimum atomic E-state index is -0.961. The van der Waals surface area contributed by atoms with Gasteiger partial charge < -0.3 is 30.9 Å². The molecule has 0 aliphatic heterocycles. The van der Waals surface area contributed by atoms with E-state index in [9.17, 15) is 19.5 Å². The van der Waals surface area contributed by atoms with Gasteiger partial charge in [-0.15, -0.1) is 0 Å². The van der Waals surface area contributed by atoms with Crippen LogP contribution in [-0.4, -0.2) is 63.8 Å². The van der Waals surface area contributed by atoms with Gasteiger partial charge in [0.05, 0.1) is 40.7 Å². The fourth-order valence-electron chi connectivity index (χ4n) is 6.33. The molecule has 45 heavy (non-hydrogen) atoms. The van der Waals surface area contributed by atoms with E-state index in [0.29, 0.717) is 33.7 Å². The van der Waals surface area contributed by atoms with Gasteiger partial charge >= 0.3 is 0 Å². The third-order valence-corrected chi connectivity index (χ3v) is 8.57. The highest BCUT2D eigenvalue weighted by Gasteiger charge is 2.54. The van der Waals surface area contributed by atoms with Crippen molar-refractivity contribution < 1.29 is 29.0 Å². The van der Waals surface area contributed by atoms with E-state index in [0.717, 1.165) is 36.8 Å². The van der Waals surface area contributed by atoms with Crippen LogP contribution >= 0.6 is 0 Å². The number of aromatic nitrogens is 2. The van der Waals surface area contributed by atoms with E-state index in [-0.39, 0.29) is 36.0 Å². The Kier molecular flexibility index (Phi) is 7.74. The van der Waals surface area contributed by atoms with E-state index in [1.807, 2.05) is 12.1 Å². The summed E-state index contributed by atoms with van der Waals surface area (Å²) < 4.78 is 13.5. The minimum absolute atomic E-state index is 0.0555. The Balaban J connectivity index is 1.05. The molecule has 234 valence electrons. The topological polar surface area (TPSA) is 157 Å². The average Bonchev–Trinajstić information content (AvgIpc) is 3.40. The summed E-state index contributed by atoms with van der Waals surface area (Å²) in [6.07, 6.45) is 6.50. The summed E-state index contributed by atoms with van der Waals surface area (Å²) in [6, 6.07) is 16.1. The first kappa shape index (κ1) is 30.1. The van der Waals surface area contributed by atoms with E-state index in [1.54, 1.807) is 80.3 Å². The van der Waals surface area contributed by atoms with Gasteiger partial charge in [-0.1, -0.05) is 18.2 Å². The first-order chi connectivity index (χ1) is 21.4. The summed E-state index contributed by atoms with van der Waals surface area (Å²) in [5.74, 6) is 0.0503. The standard InChI is InChI=1S/C34H37N5O6/c1-33(2,43)19-44-24-8-10-28-27(17-37-39(28)18-24)32(42)38-23-13-34(14-23)15-25(16-34)45-29-12-21(7-9-26(29)30(35)40)20-5-4-6-22(11-20)31(41)36-3/h4-12,17-18,23,25,43H,13-16,19H2,1-3H3,(H2,35,40)(H,36,41)(H,38,42). The zero-order valence-electron chi connectivity index (χ0n) is 25.5. The molecule has 2 saturated carbocycles. The molecular weight excluding hydrogens is 574 g/mol. The van der Waals surface area contributed by atoms with E-state index in [2.05, 4.69) is 15.7 Å². The van der Waals surface area contributed by atoms with Crippen molar-refractivity contribution in [1.29, 1.82) is 0 Å². The summed E-state index contributed by atoms with van der Waals surface area (Å²) in [5, 5.41) is 20.0. The van der Waals surface area contributed by atoms with Crippen LogP contribution in [0.25, 0.3) is 16.6 Å². The number of hydrogen-bond donors (Lipinski definition) is 4. The maximum absolute atomic E-state index is 13.1. The van der Waals surface area contributed by atoms with Crippen LogP contribution in [0.1, 0.15) is 70.6 Å². The molecule has 0 bridgehead atoms. The summed E-state index contributed by atoms with van der Waals surface area (Å²) in [6.45, 7) is 3.47. The Morgan fingerprint density at radius 3 is 2.49 bits per heavy atom. The van der Waals surface area contributed by atoms with Crippen LogP contribution in [0.5, 0.6) is 11.5 Å². The molecule has 4 aromatic rings. The molecule has 0 atom stereocenters. The van der Waals surface area contributed by atoms with Crippen molar-refractivity contribution in [2.45, 2.75) is 57.3 Å². The van der Waals surface area contributed by atoms with Crippen molar-refractivity contribution in [2.24, 2.45) is 11.1 Å². The number of nitrogens with two attached hydrogens (primary N) is 1. The number of aliphatic hydroxyl groups is 1. The lowest BCUT2D eigenvalue weighted by Gasteiger charge is -2.57. The van der Waals surface area contributed by atoms with Crippen molar-refractivity contribution in [3.05, 3.63) is 83.7 Å². The summed E-state index contributed by atoms with van der Waals surface area (Å²) in [5.41, 5.74) is 8.43. The molecule has 2 aromatic carbocycles. The highest BCUT2D eigenvalue weighted by molar-refractivity contribution is 6.01. The zero-order chi connectivity index (χ0) is 31.9. The maximum atomic E-state index is 13.1. The lowest BCUT2D eigenvalue weighted by atomic mass is 9.53. The highest BCUT2D eigenvalue weighted by Crippen LogP contribution is 2.57. The monoisotopic (exact) mass is 611 g/mol. The van der Waals surface area contributed by atoms with Crippen LogP contribution in [-0.2, 0) is 0 Å². The Morgan fingerprint density at radius 1 is 1.02 bits per heavy atom. The van der Waals surface area contributed by atoms with Crippen LogP contribution in [0.3, 0.4) is 0 Å². The molecule has 2 aromatic heterocycles. The fourth-order valence-corrected chi connectivity index (χ4v) is 6.33. The number of pyridine rings is 1. The number of hydrogen-bond acceptors (Lipinski definition) is 7.